The number of fused-ring (bicyclic) bond motifs is 1. The molecule has 0 spiro atoms. The molecule has 1 aromatic carbocycles. The summed E-state index contributed by atoms with van der Waals surface area (Å²) in [6.07, 6.45) is 1.87. The molecular weight excluding hydrogens is 292 g/mol. The third-order valence-electron chi connectivity index (χ3n) is 3.16. The third-order valence-corrected chi connectivity index (χ3v) is 3.40. The molecule has 0 fully saturated rings. The molecule has 3 aromatic rings. The van der Waals surface area contributed by atoms with Crippen LogP contribution in [0.4, 0.5) is 0 Å². The molecule has 0 bridgehead atoms. The average Bonchev–Trinajstić information content (AvgIpc) is 2.92. The Morgan fingerprint density at radius 3 is 3.05 bits per heavy atom. The Bertz CT molecular complexity index is 840. The molecule has 0 radical (unpaired) electrons. The largest absolute Gasteiger partial charge is 0.378 e. The van der Waals surface area contributed by atoms with Gasteiger partial charge in [0.05, 0.1) is 12.3 Å². The summed E-state index contributed by atoms with van der Waals surface area (Å²) >= 11 is 5.99. The van der Waals surface area contributed by atoms with E-state index in [9.17, 15) is 4.79 Å². The quantitative estimate of drug-likeness (QED) is 0.798. The lowest BCUT2D eigenvalue weighted by molar-refractivity contribution is 0.180. The maximum atomic E-state index is 12.5. The molecule has 2 aromatic heterocycles. The zero-order chi connectivity index (χ0) is 14.8. The number of nitrogens with zero attached hydrogens (tertiary/aromatic N) is 3. The van der Waals surface area contributed by atoms with Crippen molar-refractivity contribution in [3.05, 3.63) is 62.8 Å². The zero-order valence-corrected chi connectivity index (χ0v) is 12.1. The molecule has 3 rings (SSSR count). The normalized spacial score (nSPS) is 11.1. The van der Waals surface area contributed by atoms with Gasteiger partial charge in [0, 0.05) is 24.1 Å². The van der Waals surface area contributed by atoms with Gasteiger partial charge in [0.15, 0.2) is 0 Å². The summed E-state index contributed by atoms with van der Waals surface area (Å²) in [6.45, 7) is 0.258. The lowest BCUT2D eigenvalue weighted by Gasteiger charge is -2.08. The number of benzene rings is 1. The maximum Gasteiger partial charge on any atom is 0.277 e. The summed E-state index contributed by atoms with van der Waals surface area (Å²) in [4.78, 5) is 20.9. The predicted molar refractivity (Wildman–Crippen MR) is 78.6 cm³/mol. The fraction of sp³-hybridized carbons (Fsp3) is 0.214. The maximum absolute atomic E-state index is 12.5. The minimum absolute atomic E-state index is 0.176. The second-order valence-electron chi connectivity index (χ2n) is 4.60. The minimum Gasteiger partial charge on any atom is -0.378 e. The second-order valence-corrected chi connectivity index (χ2v) is 5.04. The van der Waals surface area contributed by atoms with Crippen LogP contribution in [0.5, 0.6) is 0 Å². The van der Waals surface area contributed by atoms with E-state index in [1.165, 1.54) is 10.8 Å². The number of aromatic amines is 1. The van der Waals surface area contributed by atoms with Crippen LogP contribution in [0.1, 0.15) is 16.8 Å². The van der Waals surface area contributed by atoms with Crippen molar-refractivity contribution in [3.63, 3.8) is 0 Å². The number of methoxy groups -OCH3 is 1. The van der Waals surface area contributed by atoms with Crippen molar-refractivity contribution < 1.29 is 4.74 Å². The van der Waals surface area contributed by atoms with Gasteiger partial charge >= 0.3 is 0 Å². The molecule has 1 N–H and O–H groups in total. The highest BCUT2D eigenvalue weighted by molar-refractivity contribution is 6.30. The summed E-state index contributed by atoms with van der Waals surface area (Å²) in [5, 5.41) is 3.39. The van der Waals surface area contributed by atoms with Gasteiger partial charge in [0.2, 0.25) is 0 Å². The van der Waals surface area contributed by atoms with Gasteiger partial charge in [-0.1, -0.05) is 23.7 Å². The van der Waals surface area contributed by atoms with Crippen molar-refractivity contribution in [1.82, 2.24) is 19.6 Å². The Morgan fingerprint density at radius 2 is 2.29 bits per heavy atom. The first-order chi connectivity index (χ1) is 10.2. The van der Waals surface area contributed by atoms with Crippen LogP contribution in [0.25, 0.3) is 5.78 Å². The number of hydrogen-bond acceptors (Lipinski definition) is 4. The van der Waals surface area contributed by atoms with E-state index in [2.05, 4.69) is 15.1 Å². The fourth-order valence-electron chi connectivity index (χ4n) is 2.22. The number of H-pyrrole nitrogens is 1. The first kappa shape index (κ1) is 13.8. The van der Waals surface area contributed by atoms with Crippen LogP contribution in [0.15, 0.2) is 35.4 Å². The van der Waals surface area contributed by atoms with Crippen molar-refractivity contribution in [2.75, 3.05) is 7.11 Å². The Morgan fingerprint density at radius 1 is 1.43 bits per heavy atom. The number of nitrogens with one attached hydrogen (secondary N) is 1. The lowest BCUT2D eigenvalue weighted by Crippen LogP contribution is -2.23. The highest BCUT2D eigenvalue weighted by Crippen LogP contribution is 2.15. The SMILES string of the molecule is COCc1nc2nc[nH]n2c(=O)c1Cc1cccc(Cl)c1. The molecule has 2 heterocycles. The predicted octanol–water partition coefficient (Wildman–Crippen LogP) is 1.81. The van der Waals surface area contributed by atoms with E-state index in [0.29, 0.717) is 28.5 Å². The van der Waals surface area contributed by atoms with Gasteiger partial charge in [-0.3, -0.25) is 9.89 Å². The first-order valence-electron chi connectivity index (χ1n) is 6.36. The van der Waals surface area contributed by atoms with Gasteiger partial charge in [-0.25, -0.2) is 9.97 Å². The van der Waals surface area contributed by atoms with Crippen molar-refractivity contribution in [2.24, 2.45) is 0 Å². The van der Waals surface area contributed by atoms with Crippen LogP contribution < -0.4 is 5.56 Å². The summed E-state index contributed by atoms with van der Waals surface area (Å²) in [7, 11) is 1.57. The van der Waals surface area contributed by atoms with E-state index in [-0.39, 0.29) is 12.2 Å². The van der Waals surface area contributed by atoms with Gasteiger partial charge in [-0.15, -0.1) is 0 Å². The Balaban J connectivity index is 2.13. The van der Waals surface area contributed by atoms with Crippen LogP contribution in [-0.4, -0.2) is 26.7 Å². The molecule has 0 saturated heterocycles. The standard InChI is InChI=1S/C14H13ClN4O2/c1-21-7-12-11(6-9-3-2-4-10(15)5-9)13(20)19-14(18-12)16-8-17-19/h2-5,8H,6-7H2,1H3,(H,16,17,18). The van der Waals surface area contributed by atoms with Crippen LogP contribution in [-0.2, 0) is 17.8 Å². The van der Waals surface area contributed by atoms with Crippen molar-refractivity contribution in [3.8, 4) is 0 Å². The topological polar surface area (TPSA) is 72.3 Å². The number of aromatic nitrogens is 4. The van der Waals surface area contributed by atoms with E-state index in [4.69, 9.17) is 16.3 Å². The molecule has 21 heavy (non-hydrogen) atoms. The first-order valence-corrected chi connectivity index (χ1v) is 6.74. The third kappa shape index (κ3) is 2.68. The summed E-state index contributed by atoms with van der Waals surface area (Å²) in [5.41, 5.74) is 1.93. The minimum atomic E-state index is -0.176. The molecule has 0 amide bonds. The summed E-state index contributed by atoms with van der Waals surface area (Å²) in [6, 6.07) is 7.40. The van der Waals surface area contributed by atoms with E-state index >= 15 is 0 Å². The molecule has 0 atom stereocenters. The molecule has 6 nitrogen and oxygen atoms in total. The molecule has 0 aliphatic heterocycles. The van der Waals surface area contributed by atoms with E-state index in [1.54, 1.807) is 13.2 Å². The van der Waals surface area contributed by atoms with Gasteiger partial charge in [-0.2, -0.15) is 4.52 Å². The summed E-state index contributed by atoms with van der Waals surface area (Å²) < 4.78 is 6.45. The average molecular weight is 305 g/mol. The number of halogens is 1. The van der Waals surface area contributed by atoms with Crippen molar-refractivity contribution >= 4 is 17.4 Å². The van der Waals surface area contributed by atoms with Crippen LogP contribution in [0, 0.1) is 0 Å². The van der Waals surface area contributed by atoms with Gasteiger partial charge < -0.3 is 4.74 Å². The fourth-order valence-corrected chi connectivity index (χ4v) is 2.43. The molecule has 0 unspecified atom stereocenters. The van der Waals surface area contributed by atoms with Crippen LogP contribution >= 0.6 is 11.6 Å². The molecule has 108 valence electrons. The van der Waals surface area contributed by atoms with E-state index in [0.717, 1.165) is 5.56 Å². The van der Waals surface area contributed by atoms with Gasteiger partial charge in [-0.05, 0) is 17.7 Å². The second kappa shape index (κ2) is 5.67. The molecule has 0 saturated carbocycles. The molecule has 7 heteroatoms. The number of ether oxygens (including phenoxy) is 1. The Hall–Kier alpha value is -2.18. The van der Waals surface area contributed by atoms with E-state index < -0.39 is 0 Å². The Labute approximate surface area is 125 Å². The summed E-state index contributed by atoms with van der Waals surface area (Å²) in [5.74, 6) is 0.335. The number of rotatable bonds is 4. The molecule has 0 aliphatic carbocycles. The van der Waals surface area contributed by atoms with Gasteiger partial charge in [0.1, 0.15) is 6.33 Å². The van der Waals surface area contributed by atoms with Crippen molar-refractivity contribution in [2.45, 2.75) is 13.0 Å². The van der Waals surface area contributed by atoms with E-state index in [1.807, 2.05) is 18.2 Å². The highest BCUT2D eigenvalue weighted by Gasteiger charge is 2.14. The Kier molecular flexibility index (Phi) is 3.72. The molecular formula is C14H13ClN4O2. The van der Waals surface area contributed by atoms with Crippen LogP contribution in [0.2, 0.25) is 5.02 Å². The van der Waals surface area contributed by atoms with Crippen LogP contribution in [0.3, 0.4) is 0 Å². The zero-order valence-electron chi connectivity index (χ0n) is 11.3. The highest BCUT2D eigenvalue weighted by atomic mass is 35.5. The monoisotopic (exact) mass is 304 g/mol. The smallest absolute Gasteiger partial charge is 0.277 e. The number of hydrogen-bond donors (Lipinski definition) is 1. The lowest BCUT2D eigenvalue weighted by atomic mass is 10.0. The van der Waals surface area contributed by atoms with Crippen molar-refractivity contribution in [1.29, 1.82) is 0 Å². The van der Waals surface area contributed by atoms with Gasteiger partial charge in [0.25, 0.3) is 11.3 Å². The molecule has 0 aliphatic rings.